The summed E-state index contributed by atoms with van der Waals surface area (Å²) in [6.07, 6.45) is 0. The van der Waals surface area contributed by atoms with Crippen molar-refractivity contribution in [3.63, 3.8) is 0 Å². The van der Waals surface area contributed by atoms with E-state index in [1.54, 1.807) is 0 Å². The number of hydrogen-bond acceptors (Lipinski definition) is 2. The quantitative estimate of drug-likeness (QED) is 0.582. The number of carbonyl (C=O) groups is 1. The fourth-order valence-electron chi connectivity index (χ4n) is 0.639. The molecular formula is C6H15CaNO2. The third kappa shape index (κ3) is 6.80. The van der Waals surface area contributed by atoms with Crippen LogP contribution in [0, 0.1) is 0 Å². The normalized spacial score (nSPS) is 9.10. The van der Waals surface area contributed by atoms with Crippen molar-refractivity contribution in [3.05, 3.63) is 0 Å². The van der Waals surface area contributed by atoms with Crippen LogP contribution in [0.25, 0.3) is 0 Å². The molecule has 0 saturated carbocycles. The van der Waals surface area contributed by atoms with Crippen LogP contribution in [0.4, 0.5) is 0 Å². The SMILES string of the molecule is CCN(CC)CC(=O)O.[CaH2]. The molecule has 0 aromatic heterocycles. The molecule has 0 atom stereocenters. The zero-order valence-electron chi connectivity index (χ0n) is 5.92. The van der Waals surface area contributed by atoms with E-state index in [1.807, 2.05) is 18.7 Å². The number of carboxylic acid groups (broad SMARTS) is 1. The monoisotopic (exact) mass is 173 g/mol. The van der Waals surface area contributed by atoms with Crippen molar-refractivity contribution in [3.8, 4) is 0 Å². The number of hydrogen-bond donors (Lipinski definition) is 1. The molecule has 0 aromatic carbocycles. The van der Waals surface area contributed by atoms with Gasteiger partial charge in [-0.2, -0.15) is 0 Å². The van der Waals surface area contributed by atoms with Crippen LogP contribution >= 0.6 is 0 Å². The molecule has 0 radical (unpaired) electrons. The topological polar surface area (TPSA) is 40.5 Å². The van der Waals surface area contributed by atoms with E-state index in [4.69, 9.17) is 5.11 Å². The third-order valence-electron chi connectivity index (χ3n) is 1.25. The molecule has 0 aromatic rings. The van der Waals surface area contributed by atoms with Crippen LogP contribution < -0.4 is 0 Å². The fourth-order valence-corrected chi connectivity index (χ4v) is 0.639. The summed E-state index contributed by atoms with van der Waals surface area (Å²) in [5.74, 6) is -0.751. The molecule has 0 spiro atoms. The minimum absolute atomic E-state index is 0. The molecular weight excluding hydrogens is 158 g/mol. The number of rotatable bonds is 4. The summed E-state index contributed by atoms with van der Waals surface area (Å²) < 4.78 is 0. The second-order valence-corrected chi connectivity index (χ2v) is 1.86. The van der Waals surface area contributed by atoms with Crippen molar-refractivity contribution in [2.75, 3.05) is 19.6 Å². The average molecular weight is 173 g/mol. The maximum absolute atomic E-state index is 10.1. The van der Waals surface area contributed by atoms with Gasteiger partial charge in [-0.15, -0.1) is 0 Å². The average Bonchev–Trinajstić information content (AvgIpc) is 1.82. The van der Waals surface area contributed by atoms with E-state index in [9.17, 15) is 4.79 Å². The Morgan fingerprint density at radius 2 is 1.80 bits per heavy atom. The molecule has 0 bridgehead atoms. The Hall–Kier alpha value is 0.690. The molecule has 0 aliphatic carbocycles. The molecule has 58 valence electrons. The second-order valence-electron chi connectivity index (χ2n) is 1.86. The molecule has 0 fully saturated rings. The number of nitrogens with zero attached hydrogens (tertiary/aromatic N) is 1. The van der Waals surface area contributed by atoms with E-state index >= 15 is 0 Å². The molecule has 4 heteroatoms. The van der Waals surface area contributed by atoms with Crippen molar-refractivity contribution in [2.24, 2.45) is 0 Å². The standard InChI is InChI=1S/C6H13NO2.Ca.2H/c1-3-7(4-2)5-6(8)9;;;/h3-5H2,1-2H3,(H,8,9);;;. The van der Waals surface area contributed by atoms with Gasteiger partial charge in [-0.05, 0) is 13.1 Å². The van der Waals surface area contributed by atoms with Gasteiger partial charge in [0.05, 0.1) is 6.54 Å². The Morgan fingerprint density at radius 1 is 1.40 bits per heavy atom. The van der Waals surface area contributed by atoms with Gasteiger partial charge in [0.15, 0.2) is 0 Å². The van der Waals surface area contributed by atoms with Gasteiger partial charge in [-0.25, -0.2) is 0 Å². The van der Waals surface area contributed by atoms with Gasteiger partial charge in [0.25, 0.3) is 0 Å². The summed E-state index contributed by atoms with van der Waals surface area (Å²) in [4.78, 5) is 11.9. The van der Waals surface area contributed by atoms with Gasteiger partial charge in [0, 0.05) is 0 Å². The van der Waals surface area contributed by atoms with Crippen LogP contribution in [0.1, 0.15) is 13.8 Å². The van der Waals surface area contributed by atoms with Gasteiger partial charge in [-0.1, -0.05) is 13.8 Å². The van der Waals surface area contributed by atoms with Crippen LogP contribution in [0.3, 0.4) is 0 Å². The molecule has 0 unspecified atom stereocenters. The zero-order valence-corrected chi connectivity index (χ0v) is 5.92. The Balaban J connectivity index is 0. The van der Waals surface area contributed by atoms with Crippen molar-refractivity contribution >= 4 is 43.7 Å². The number of carboxylic acids is 1. The summed E-state index contributed by atoms with van der Waals surface area (Å²) in [6, 6.07) is 0. The van der Waals surface area contributed by atoms with E-state index in [0.29, 0.717) is 0 Å². The number of aliphatic carboxylic acids is 1. The van der Waals surface area contributed by atoms with Gasteiger partial charge in [0.2, 0.25) is 0 Å². The van der Waals surface area contributed by atoms with E-state index < -0.39 is 5.97 Å². The first-order valence-electron chi connectivity index (χ1n) is 3.14. The molecule has 0 rings (SSSR count). The van der Waals surface area contributed by atoms with E-state index in [1.165, 1.54) is 0 Å². The molecule has 0 amide bonds. The first-order chi connectivity index (χ1) is 4.20. The molecule has 0 heterocycles. The van der Waals surface area contributed by atoms with Crippen LogP contribution in [-0.2, 0) is 4.79 Å². The molecule has 3 nitrogen and oxygen atoms in total. The van der Waals surface area contributed by atoms with Crippen molar-refractivity contribution in [1.82, 2.24) is 4.90 Å². The molecule has 10 heavy (non-hydrogen) atoms. The molecule has 1 N–H and O–H groups in total. The summed E-state index contributed by atoms with van der Waals surface area (Å²) in [5, 5.41) is 8.30. The number of likely N-dealkylation sites (N-methyl/N-ethyl adjacent to an activating group) is 1. The van der Waals surface area contributed by atoms with Crippen LogP contribution in [0.5, 0.6) is 0 Å². The first kappa shape index (κ1) is 13.3. The predicted molar refractivity (Wildman–Crippen MR) is 44.0 cm³/mol. The van der Waals surface area contributed by atoms with Crippen molar-refractivity contribution < 1.29 is 9.90 Å². The van der Waals surface area contributed by atoms with Gasteiger partial charge >= 0.3 is 43.7 Å². The Bertz CT molecular complexity index is 93.7. The van der Waals surface area contributed by atoms with E-state index in [-0.39, 0.29) is 44.3 Å². The molecule has 0 saturated heterocycles. The first-order valence-corrected chi connectivity index (χ1v) is 3.14. The maximum atomic E-state index is 10.1. The summed E-state index contributed by atoms with van der Waals surface area (Å²) >= 11 is 0. The van der Waals surface area contributed by atoms with Crippen molar-refractivity contribution in [2.45, 2.75) is 13.8 Å². The summed E-state index contributed by atoms with van der Waals surface area (Å²) in [5.41, 5.74) is 0. The van der Waals surface area contributed by atoms with Crippen LogP contribution in [0.15, 0.2) is 0 Å². The third-order valence-corrected chi connectivity index (χ3v) is 1.25. The van der Waals surface area contributed by atoms with Crippen LogP contribution in [0.2, 0.25) is 0 Å². The van der Waals surface area contributed by atoms with E-state index in [0.717, 1.165) is 13.1 Å². The van der Waals surface area contributed by atoms with Gasteiger partial charge in [0.1, 0.15) is 0 Å². The Kier molecular flexibility index (Phi) is 10.4. The predicted octanol–water partition coefficient (Wildman–Crippen LogP) is -0.503. The van der Waals surface area contributed by atoms with E-state index in [2.05, 4.69) is 0 Å². The zero-order chi connectivity index (χ0) is 7.28. The second kappa shape index (κ2) is 7.79. The Morgan fingerprint density at radius 3 is 1.90 bits per heavy atom. The molecule has 0 aliphatic rings. The summed E-state index contributed by atoms with van der Waals surface area (Å²) in [6.45, 7) is 5.68. The van der Waals surface area contributed by atoms with Crippen LogP contribution in [-0.4, -0.2) is 73.3 Å². The molecule has 0 aliphatic heterocycles. The van der Waals surface area contributed by atoms with Crippen molar-refractivity contribution in [1.29, 1.82) is 0 Å². The Labute approximate surface area is 91.4 Å². The minimum atomic E-state index is -0.751. The van der Waals surface area contributed by atoms with Gasteiger partial charge in [-0.3, -0.25) is 9.69 Å². The fraction of sp³-hybridized carbons (Fsp3) is 0.833. The summed E-state index contributed by atoms with van der Waals surface area (Å²) in [7, 11) is 0. The van der Waals surface area contributed by atoms with Gasteiger partial charge < -0.3 is 5.11 Å².